The second-order valence-electron chi connectivity index (χ2n) is 6.08. The van der Waals surface area contributed by atoms with Crippen LogP contribution in [0.1, 0.15) is 10.6 Å². The second-order valence-corrected chi connectivity index (χ2v) is 6.94. The first-order valence-corrected chi connectivity index (χ1v) is 9.42. The molecule has 0 spiro atoms. The number of nitrogens with zero attached hydrogens (tertiary/aromatic N) is 2. The fourth-order valence-electron chi connectivity index (χ4n) is 2.70. The minimum Gasteiger partial charge on any atom is -0.486 e. The van der Waals surface area contributed by atoms with E-state index in [1.807, 2.05) is 23.6 Å². The molecule has 9 heteroatoms. The van der Waals surface area contributed by atoms with Gasteiger partial charge in [0.25, 0.3) is 5.91 Å². The average molecular weight is 399 g/mol. The molecule has 2 amide bonds. The first kappa shape index (κ1) is 18.1. The summed E-state index contributed by atoms with van der Waals surface area (Å²) in [5.41, 5.74) is 1.59. The highest BCUT2D eigenvalue weighted by molar-refractivity contribution is 7.14. The van der Waals surface area contributed by atoms with Gasteiger partial charge in [0.2, 0.25) is 5.91 Å². The van der Waals surface area contributed by atoms with Crippen molar-refractivity contribution in [2.45, 2.75) is 0 Å². The van der Waals surface area contributed by atoms with Crippen molar-refractivity contribution in [3.63, 3.8) is 0 Å². The van der Waals surface area contributed by atoms with Crippen molar-refractivity contribution in [1.29, 1.82) is 0 Å². The maximum Gasteiger partial charge on any atom is 0.289 e. The third kappa shape index (κ3) is 3.84. The number of fused-ring (bicyclic) bond motifs is 1. The SMILES string of the molecule is CN(CC(=O)Nc1nc(-c2ccc3c(c2)OCCO3)cs1)C(=O)c1ccco1. The van der Waals surface area contributed by atoms with E-state index in [0.29, 0.717) is 29.8 Å². The molecule has 0 aliphatic carbocycles. The summed E-state index contributed by atoms with van der Waals surface area (Å²) >= 11 is 1.31. The first-order chi connectivity index (χ1) is 13.6. The summed E-state index contributed by atoms with van der Waals surface area (Å²) < 4.78 is 16.2. The molecule has 0 fully saturated rings. The standard InChI is InChI=1S/C19H17N3O5S/c1-22(18(24)15-3-2-6-25-15)10-17(23)21-19-20-13(11-28-19)12-4-5-14-16(9-12)27-8-7-26-14/h2-6,9,11H,7-8,10H2,1H3,(H,20,21,23). The lowest BCUT2D eigenvalue weighted by Gasteiger charge is -2.18. The number of carbonyl (C=O) groups is 2. The number of amides is 2. The number of likely N-dealkylation sites (N-methyl/N-ethyl adjacent to an activating group) is 1. The molecule has 4 rings (SSSR count). The van der Waals surface area contributed by atoms with Crippen LogP contribution in [0.5, 0.6) is 11.5 Å². The van der Waals surface area contributed by atoms with E-state index in [0.717, 1.165) is 11.3 Å². The molecule has 0 radical (unpaired) electrons. The molecule has 1 N–H and O–H groups in total. The highest BCUT2D eigenvalue weighted by Crippen LogP contribution is 2.35. The van der Waals surface area contributed by atoms with Gasteiger partial charge in [-0.25, -0.2) is 4.98 Å². The quantitative estimate of drug-likeness (QED) is 0.709. The van der Waals surface area contributed by atoms with E-state index >= 15 is 0 Å². The predicted octanol–water partition coefficient (Wildman–Crippen LogP) is 2.89. The molecule has 3 heterocycles. The summed E-state index contributed by atoms with van der Waals surface area (Å²) in [6, 6.07) is 8.78. The Hall–Kier alpha value is -3.33. The van der Waals surface area contributed by atoms with Gasteiger partial charge in [0.1, 0.15) is 19.8 Å². The summed E-state index contributed by atoms with van der Waals surface area (Å²) in [4.78, 5) is 30.1. The number of aromatic nitrogens is 1. The van der Waals surface area contributed by atoms with Crippen LogP contribution in [0.3, 0.4) is 0 Å². The van der Waals surface area contributed by atoms with Crippen molar-refractivity contribution in [3.05, 3.63) is 47.7 Å². The number of hydrogen-bond acceptors (Lipinski definition) is 7. The smallest absolute Gasteiger partial charge is 0.289 e. The Kier molecular flexibility index (Phi) is 4.98. The van der Waals surface area contributed by atoms with E-state index in [1.54, 1.807) is 12.1 Å². The molecule has 0 unspecified atom stereocenters. The molecule has 1 aromatic carbocycles. The Balaban J connectivity index is 1.39. The van der Waals surface area contributed by atoms with Crippen LogP contribution in [-0.2, 0) is 4.79 Å². The van der Waals surface area contributed by atoms with Gasteiger partial charge in [-0.2, -0.15) is 0 Å². The molecular weight excluding hydrogens is 382 g/mol. The third-order valence-corrected chi connectivity index (χ3v) is 4.81. The second kappa shape index (κ2) is 7.73. The Morgan fingerprint density at radius 2 is 2.04 bits per heavy atom. The lowest BCUT2D eigenvalue weighted by Crippen LogP contribution is -2.34. The zero-order valence-corrected chi connectivity index (χ0v) is 15.8. The van der Waals surface area contributed by atoms with Crippen molar-refractivity contribution in [2.24, 2.45) is 0 Å². The maximum atomic E-state index is 12.2. The lowest BCUT2D eigenvalue weighted by molar-refractivity contribution is -0.116. The monoisotopic (exact) mass is 399 g/mol. The molecule has 28 heavy (non-hydrogen) atoms. The van der Waals surface area contributed by atoms with Crippen LogP contribution in [0.15, 0.2) is 46.4 Å². The number of benzene rings is 1. The minimum absolute atomic E-state index is 0.113. The zero-order chi connectivity index (χ0) is 19.5. The van der Waals surface area contributed by atoms with E-state index in [4.69, 9.17) is 13.9 Å². The number of hydrogen-bond donors (Lipinski definition) is 1. The van der Waals surface area contributed by atoms with Crippen molar-refractivity contribution in [2.75, 3.05) is 32.1 Å². The Labute approximate surface area is 164 Å². The molecule has 2 aromatic heterocycles. The Morgan fingerprint density at radius 3 is 2.82 bits per heavy atom. The van der Waals surface area contributed by atoms with E-state index in [-0.39, 0.29) is 24.1 Å². The van der Waals surface area contributed by atoms with Crippen molar-refractivity contribution < 1.29 is 23.5 Å². The summed E-state index contributed by atoms with van der Waals surface area (Å²) in [5, 5.41) is 5.01. The molecular formula is C19H17N3O5S. The van der Waals surface area contributed by atoms with Crippen molar-refractivity contribution in [3.8, 4) is 22.8 Å². The van der Waals surface area contributed by atoms with E-state index < -0.39 is 0 Å². The Morgan fingerprint density at radius 1 is 1.21 bits per heavy atom. The van der Waals surface area contributed by atoms with Gasteiger partial charge in [-0.15, -0.1) is 11.3 Å². The van der Waals surface area contributed by atoms with Crippen molar-refractivity contribution in [1.82, 2.24) is 9.88 Å². The topological polar surface area (TPSA) is 93.9 Å². The molecule has 0 saturated carbocycles. The molecule has 8 nitrogen and oxygen atoms in total. The van der Waals surface area contributed by atoms with E-state index in [2.05, 4.69) is 10.3 Å². The van der Waals surface area contributed by atoms with Gasteiger partial charge in [-0.1, -0.05) is 0 Å². The molecule has 0 saturated heterocycles. The number of furan rings is 1. The van der Waals surface area contributed by atoms with Crippen LogP contribution in [0.25, 0.3) is 11.3 Å². The fraction of sp³-hybridized carbons (Fsp3) is 0.211. The number of rotatable bonds is 5. The van der Waals surface area contributed by atoms with E-state index in [1.165, 1.54) is 29.5 Å². The Bertz CT molecular complexity index is 999. The normalized spacial score (nSPS) is 12.5. The van der Waals surface area contributed by atoms with Crippen LogP contribution < -0.4 is 14.8 Å². The van der Waals surface area contributed by atoms with Gasteiger partial charge >= 0.3 is 0 Å². The van der Waals surface area contributed by atoms with Crippen LogP contribution in [0, 0.1) is 0 Å². The van der Waals surface area contributed by atoms with Gasteiger partial charge in [-0.05, 0) is 30.3 Å². The molecule has 144 valence electrons. The number of thiazole rings is 1. The van der Waals surface area contributed by atoms with Crippen LogP contribution >= 0.6 is 11.3 Å². The largest absolute Gasteiger partial charge is 0.486 e. The van der Waals surface area contributed by atoms with Crippen LogP contribution in [0.2, 0.25) is 0 Å². The average Bonchev–Trinajstić information content (AvgIpc) is 3.39. The number of nitrogens with one attached hydrogen (secondary N) is 1. The number of carbonyl (C=O) groups excluding carboxylic acids is 2. The van der Waals surface area contributed by atoms with Gasteiger partial charge in [-0.3, -0.25) is 9.59 Å². The van der Waals surface area contributed by atoms with Crippen molar-refractivity contribution >= 4 is 28.3 Å². The number of ether oxygens (including phenoxy) is 2. The molecule has 1 aliphatic rings. The summed E-state index contributed by atoms with van der Waals surface area (Å²) in [6.07, 6.45) is 1.41. The zero-order valence-electron chi connectivity index (χ0n) is 15.0. The highest BCUT2D eigenvalue weighted by Gasteiger charge is 2.18. The van der Waals surface area contributed by atoms with Crippen LogP contribution in [-0.4, -0.2) is 48.5 Å². The van der Waals surface area contributed by atoms with E-state index in [9.17, 15) is 9.59 Å². The summed E-state index contributed by atoms with van der Waals surface area (Å²) in [5.74, 6) is 0.871. The summed E-state index contributed by atoms with van der Waals surface area (Å²) in [6.45, 7) is 0.938. The van der Waals surface area contributed by atoms with Crippen LogP contribution in [0.4, 0.5) is 5.13 Å². The number of anilines is 1. The van der Waals surface area contributed by atoms with Gasteiger partial charge < -0.3 is 24.1 Å². The fourth-order valence-corrected chi connectivity index (χ4v) is 3.44. The molecule has 0 bridgehead atoms. The van der Waals surface area contributed by atoms with Gasteiger partial charge in [0, 0.05) is 18.0 Å². The van der Waals surface area contributed by atoms with Gasteiger partial charge in [0.15, 0.2) is 22.4 Å². The highest BCUT2D eigenvalue weighted by atomic mass is 32.1. The summed E-state index contributed by atoms with van der Waals surface area (Å²) in [7, 11) is 1.53. The molecule has 3 aromatic rings. The minimum atomic E-state index is -0.365. The predicted molar refractivity (Wildman–Crippen MR) is 103 cm³/mol. The van der Waals surface area contributed by atoms with Gasteiger partial charge in [0.05, 0.1) is 12.0 Å². The first-order valence-electron chi connectivity index (χ1n) is 8.54. The lowest BCUT2D eigenvalue weighted by atomic mass is 10.1. The third-order valence-electron chi connectivity index (χ3n) is 4.05. The molecule has 1 aliphatic heterocycles. The molecule has 0 atom stereocenters. The maximum absolute atomic E-state index is 12.2.